The molecule has 4 aromatic rings. The Labute approximate surface area is 177 Å². The molecule has 2 aromatic heterocycles. The third kappa shape index (κ3) is 3.89. The van der Waals surface area contributed by atoms with Crippen molar-refractivity contribution in [3.8, 4) is 5.75 Å². The van der Waals surface area contributed by atoms with Crippen molar-refractivity contribution >= 4 is 28.3 Å². The number of benzene rings is 2. The Balaban J connectivity index is 1.69. The number of thiophene rings is 1. The number of oxazole rings is 1. The van der Waals surface area contributed by atoms with Gasteiger partial charge in [0.15, 0.2) is 5.58 Å². The summed E-state index contributed by atoms with van der Waals surface area (Å²) in [7, 11) is 1.62. The topological polar surface area (TPSA) is 64.7 Å². The molecule has 0 bridgehead atoms. The molecule has 0 fully saturated rings. The number of carbonyl (C=O) groups is 1. The van der Waals surface area contributed by atoms with Crippen molar-refractivity contribution in [3.05, 3.63) is 87.0 Å². The highest BCUT2D eigenvalue weighted by Crippen LogP contribution is 2.25. The van der Waals surface area contributed by atoms with E-state index in [1.807, 2.05) is 47.8 Å². The SMILES string of the molecule is COc1ccccc1CN(Cc1cccs1)C(=O)C(C)n1c(=O)oc2ccccc21. The molecule has 0 aliphatic heterocycles. The van der Waals surface area contributed by atoms with Gasteiger partial charge >= 0.3 is 5.76 Å². The number of amides is 1. The van der Waals surface area contributed by atoms with Crippen LogP contribution in [0.25, 0.3) is 11.1 Å². The Morgan fingerprint density at radius 1 is 1.10 bits per heavy atom. The second-order valence-electron chi connectivity index (χ2n) is 6.97. The third-order valence-corrected chi connectivity index (χ3v) is 5.92. The standard InChI is InChI=1S/C23H22N2O4S/c1-16(25-19-10-4-6-12-21(19)29-23(25)27)22(26)24(15-18-9-7-13-30-18)14-17-8-3-5-11-20(17)28-2/h3-13,16H,14-15H2,1-2H3. The molecule has 0 saturated heterocycles. The fourth-order valence-electron chi connectivity index (χ4n) is 3.57. The maximum atomic E-state index is 13.6. The van der Waals surface area contributed by atoms with Crippen LogP contribution in [0.5, 0.6) is 5.75 Å². The first-order chi connectivity index (χ1) is 14.6. The van der Waals surface area contributed by atoms with E-state index in [1.54, 1.807) is 48.5 Å². The zero-order chi connectivity index (χ0) is 21.1. The lowest BCUT2D eigenvalue weighted by Crippen LogP contribution is -2.37. The molecule has 0 radical (unpaired) electrons. The van der Waals surface area contributed by atoms with Crippen LogP contribution in [0.2, 0.25) is 0 Å². The van der Waals surface area contributed by atoms with Gasteiger partial charge in [0.25, 0.3) is 0 Å². The van der Waals surface area contributed by atoms with Gasteiger partial charge in [-0.2, -0.15) is 0 Å². The van der Waals surface area contributed by atoms with Crippen molar-refractivity contribution in [3.63, 3.8) is 0 Å². The zero-order valence-electron chi connectivity index (χ0n) is 16.8. The predicted octanol–water partition coefficient (Wildman–Crippen LogP) is 4.45. The van der Waals surface area contributed by atoms with E-state index in [0.29, 0.717) is 24.2 Å². The van der Waals surface area contributed by atoms with Gasteiger partial charge in [-0.05, 0) is 36.6 Å². The molecule has 1 unspecified atom stereocenters. The fourth-order valence-corrected chi connectivity index (χ4v) is 4.29. The number of para-hydroxylation sites is 3. The minimum Gasteiger partial charge on any atom is -0.496 e. The smallest absolute Gasteiger partial charge is 0.420 e. The zero-order valence-corrected chi connectivity index (χ0v) is 17.6. The first kappa shape index (κ1) is 20.0. The van der Waals surface area contributed by atoms with Gasteiger partial charge in [0.1, 0.15) is 11.8 Å². The van der Waals surface area contributed by atoms with Crippen molar-refractivity contribution in [2.45, 2.75) is 26.1 Å². The predicted molar refractivity (Wildman–Crippen MR) is 117 cm³/mol. The van der Waals surface area contributed by atoms with E-state index in [-0.39, 0.29) is 5.91 Å². The number of methoxy groups -OCH3 is 1. The van der Waals surface area contributed by atoms with Crippen LogP contribution in [0.3, 0.4) is 0 Å². The summed E-state index contributed by atoms with van der Waals surface area (Å²) in [5.41, 5.74) is 1.98. The summed E-state index contributed by atoms with van der Waals surface area (Å²) in [5.74, 6) is 0.0217. The van der Waals surface area contributed by atoms with Crippen molar-refractivity contribution < 1.29 is 13.9 Å². The number of hydrogen-bond acceptors (Lipinski definition) is 5. The number of aromatic nitrogens is 1. The Morgan fingerprint density at radius 2 is 1.87 bits per heavy atom. The van der Waals surface area contributed by atoms with Gasteiger partial charge in [0.05, 0.1) is 19.2 Å². The van der Waals surface area contributed by atoms with Crippen LogP contribution in [0.1, 0.15) is 23.4 Å². The molecule has 2 heterocycles. The molecular weight excluding hydrogens is 400 g/mol. The number of ether oxygens (including phenoxy) is 1. The van der Waals surface area contributed by atoms with Gasteiger partial charge in [-0.3, -0.25) is 9.36 Å². The number of carbonyl (C=O) groups excluding carboxylic acids is 1. The van der Waals surface area contributed by atoms with Crippen LogP contribution in [-0.4, -0.2) is 22.5 Å². The van der Waals surface area contributed by atoms with Gasteiger partial charge in [-0.1, -0.05) is 36.4 Å². The number of fused-ring (bicyclic) bond motifs is 1. The first-order valence-electron chi connectivity index (χ1n) is 9.61. The van der Waals surface area contributed by atoms with E-state index in [0.717, 1.165) is 16.2 Å². The summed E-state index contributed by atoms with van der Waals surface area (Å²) in [6, 6.07) is 18.0. The largest absolute Gasteiger partial charge is 0.496 e. The lowest BCUT2D eigenvalue weighted by atomic mass is 10.1. The Hall–Kier alpha value is -3.32. The monoisotopic (exact) mass is 422 g/mol. The van der Waals surface area contributed by atoms with E-state index < -0.39 is 11.8 Å². The van der Waals surface area contributed by atoms with Crippen molar-refractivity contribution in [2.24, 2.45) is 0 Å². The molecule has 4 rings (SSSR count). The van der Waals surface area contributed by atoms with Crippen LogP contribution in [0.15, 0.2) is 75.3 Å². The number of nitrogens with zero attached hydrogens (tertiary/aromatic N) is 2. The minimum atomic E-state index is -0.712. The highest BCUT2D eigenvalue weighted by molar-refractivity contribution is 7.09. The molecule has 30 heavy (non-hydrogen) atoms. The molecule has 1 atom stereocenters. The van der Waals surface area contributed by atoms with Crippen LogP contribution in [0.4, 0.5) is 0 Å². The van der Waals surface area contributed by atoms with E-state index in [1.165, 1.54) is 4.57 Å². The van der Waals surface area contributed by atoms with Gasteiger partial charge in [-0.25, -0.2) is 4.79 Å². The van der Waals surface area contributed by atoms with Crippen molar-refractivity contribution in [1.82, 2.24) is 9.47 Å². The van der Waals surface area contributed by atoms with Gasteiger partial charge < -0.3 is 14.1 Å². The summed E-state index contributed by atoms with van der Waals surface area (Å²) in [6.45, 7) is 2.55. The van der Waals surface area contributed by atoms with E-state index in [2.05, 4.69) is 0 Å². The lowest BCUT2D eigenvalue weighted by molar-refractivity contribution is -0.135. The molecule has 154 valence electrons. The maximum Gasteiger partial charge on any atom is 0.420 e. The third-order valence-electron chi connectivity index (χ3n) is 5.06. The van der Waals surface area contributed by atoms with Crippen LogP contribution in [-0.2, 0) is 17.9 Å². The molecule has 0 aliphatic carbocycles. The molecule has 6 nitrogen and oxygen atoms in total. The lowest BCUT2D eigenvalue weighted by Gasteiger charge is -2.26. The quantitative estimate of drug-likeness (QED) is 0.441. The minimum absolute atomic E-state index is 0.164. The first-order valence-corrected chi connectivity index (χ1v) is 10.5. The van der Waals surface area contributed by atoms with Crippen molar-refractivity contribution in [1.29, 1.82) is 0 Å². The second-order valence-corrected chi connectivity index (χ2v) is 8.00. The molecular formula is C23H22N2O4S. The number of rotatable bonds is 7. The summed E-state index contributed by atoms with van der Waals surface area (Å²) in [4.78, 5) is 28.9. The van der Waals surface area contributed by atoms with Gasteiger partial charge in [-0.15, -0.1) is 11.3 Å². The Bertz CT molecular complexity index is 1210. The summed E-state index contributed by atoms with van der Waals surface area (Å²) >= 11 is 1.59. The summed E-state index contributed by atoms with van der Waals surface area (Å²) in [6.07, 6.45) is 0. The number of hydrogen-bond donors (Lipinski definition) is 0. The van der Waals surface area contributed by atoms with Crippen molar-refractivity contribution in [2.75, 3.05) is 7.11 Å². The van der Waals surface area contributed by atoms with Crippen LogP contribution in [0, 0.1) is 0 Å². The molecule has 0 N–H and O–H groups in total. The highest BCUT2D eigenvalue weighted by Gasteiger charge is 2.27. The Morgan fingerprint density at radius 3 is 2.63 bits per heavy atom. The molecule has 2 aromatic carbocycles. The average Bonchev–Trinajstić information content (AvgIpc) is 3.39. The van der Waals surface area contributed by atoms with E-state index in [9.17, 15) is 9.59 Å². The maximum absolute atomic E-state index is 13.6. The molecule has 0 aliphatic rings. The highest BCUT2D eigenvalue weighted by atomic mass is 32.1. The Kier molecular flexibility index (Phi) is 5.72. The van der Waals surface area contributed by atoms with E-state index in [4.69, 9.17) is 9.15 Å². The van der Waals surface area contributed by atoms with Crippen LogP contribution >= 0.6 is 11.3 Å². The average molecular weight is 423 g/mol. The van der Waals surface area contributed by atoms with E-state index >= 15 is 0 Å². The normalized spacial score (nSPS) is 12.1. The molecule has 1 amide bonds. The summed E-state index contributed by atoms with van der Waals surface area (Å²) < 4.78 is 12.2. The fraction of sp³-hybridized carbons (Fsp3) is 0.217. The molecule has 0 saturated carbocycles. The van der Waals surface area contributed by atoms with Crippen LogP contribution < -0.4 is 10.5 Å². The molecule has 7 heteroatoms. The molecule has 0 spiro atoms. The second kappa shape index (κ2) is 8.59. The van der Waals surface area contributed by atoms with Gasteiger partial charge in [0.2, 0.25) is 5.91 Å². The summed E-state index contributed by atoms with van der Waals surface area (Å²) in [5, 5.41) is 1.98. The van der Waals surface area contributed by atoms with Gasteiger partial charge in [0, 0.05) is 17.0 Å².